The van der Waals surface area contributed by atoms with Crippen molar-refractivity contribution in [2.45, 2.75) is 11.8 Å². The molecular formula is C10H13NO3S. The van der Waals surface area contributed by atoms with E-state index in [-0.39, 0.29) is 11.5 Å². The number of carbonyl (C=O) groups is 1. The zero-order valence-corrected chi connectivity index (χ0v) is 8.98. The van der Waals surface area contributed by atoms with Crippen LogP contribution in [0, 0.1) is 0 Å². The summed E-state index contributed by atoms with van der Waals surface area (Å²) in [5, 5.41) is 0. The highest BCUT2D eigenvalue weighted by Gasteiger charge is 2.16. The predicted molar refractivity (Wildman–Crippen MR) is 58.0 cm³/mol. The SMILES string of the molecule is NC(C=O)CS(=O)(=O)Cc1ccccc1. The van der Waals surface area contributed by atoms with Gasteiger partial charge < -0.3 is 10.5 Å². The number of hydrogen-bond acceptors (Lipinski definition) is 4. The van der Waals surface area contributed by atoms with E-state index in [9.17, 15) is 13.2 Å². The highest BCUT2D eigenvalue weighted by atomic mass is 32.2. The molecule has 0 aliphatic rings. The van der Waals surface area contributed by atoms with E-state index >= 15 is 0 Å². The summed E-state index contributed by atoms with van der Waals surface area (Å²) in [6, 6.07) is 7.87. The number of carbonyl (C=O) groups excluding carboxylic acids is 1. The summed E-state index contributed by atoms with van der Waals surface area (Å²) < 4.78 is 23.1. The molecule has 0 bridgehead atoms. The predicted octanol–water partition coefficient (Wildman–Crippen LogP) is 0.128. The second kappa shape index (κ2) is 5.04. The molecule has 1 aromatic rings. The first-order chi connectivity index (χ1) is 7.03. The molecule has 0 aliphatic heterocycles. The van der Waals surface area contributed by atoms with Crippen molar-refractivity contribution in [2.24, 2.45) is 5.73 Å². The van der Waals surface area contributed by atoms with Crippen molar-refractivity contribution >= 4 is 16.1 Å². The molecule has 0 saturated carbocycles. The second-order valence-corrected chi connectivity index (χ2v) is 5.45. The van der Waals surface area contributed by atoms with Gasteiger partial charge in [0.1, 0.15) is 6.29 Å². The molecule has 0 radical (unpaired) electrons. The number of nitrogens with two attached hydrogens (primary N) is 1. The zero-order valence-electron chi connectivity index (χ0n) is 8.17. The van der Waals surface area contributed by atoms with Crippen LogP contribution in [0.5, 0.6) is 0 Å². The van der Waals surface area contributed by atoms with Crippen LogP contribution < -0.4 is 5.73 Å². The zero-order chi connectivity index (χ0) is 11.3. The van der Waals surface area contributed by atoms with E-state index in [4.69, 9.17) is 5.73 Å². The molecule has 0 saturated heterocycles. The monoisotopic (exact) mass is 227 g/mol. The molecular weight excluding hydrogens is 214 g/mol. The Morgan fingerprint density at radius 3 is 2.40 bits per heavy atom. The number of sulfone groups is 1. The highest BCUT2D eigenvalue weighted by Crippen LogP contribution is 2.06. The topological polar surface area (TPSA) is 77.2 Å². The lowest BCUT2D eigenvalue weighted by atomic mass is 10.2. The van der Waals surface area contributed by atoms with Crippen molar-refractivity contribution in [3.05, 3.63) is 35.9 Å². The lowest BCUT2D eigenvalue weighted by Gasteiger charge is -2.05. The molecule has 0 heterocycles. The third-order valence-electron chi connectivity index (χ3n) is 1.85. The van der Waals surface area contributed by atoms with Gasteiger partial charge >= 0.3 is 0 Å². The molecule has 1 unspecified atom stereocenters. The van der Waals surface area contributed by atoms with E-state index in [2.05, 4.69) is 0 Å². The van der Waals surface area contributed by atoms with E-state index in [1.54, 1.807) is 24.3 Å². The lowest BCUT2D eigenvalue weighted by Crippen LogP contribution is -2.31. The van der Waals surface area contributed by atoms with Gasteiger partial charge in [0.25, 0.3) is 0 Å². The number of benzene rings is 1. The maximum Gasteiger partial charge on any atom is 0.156 e. The van der Waals surface area contributed by atoms with Crippen LogP contribution in [0.1, 0.15) is 5.56 Å². The molecule has 2 N–H and O–H groups in total. The minimum atomic E-state index is -3.30. The summed E-state index contributed by atoms with van der Waals surface area (Å²) in [6.07, 6.45) is 0.447. The van der Waals surface area contributed by atoms with E-state index in [0.717, 1.165) is 0 Å². The molecule has 0 spiro atoms. The van der Waals surface area contributed by atoms with Crippen LogP contribution in [-0.2, 0) is 20.4 Å². The Balaban J connectivity index is 2.69. The van der Waals surface area contributed by atoms with Crippen LogP contribution in [0.4, 0.5) is 0 Å². The molecule has 0 aromatic heterocycles. The number of hydrogen-bond donors (Lipinski definition) is 1. The van der Waals surface area contributed by atoms with Gasteiger partial charge in [-0.2, -0.15) is 0 Å². The highest BCUT2D eigenvalue weighted by molar-refractivity contribution is 7.90. The molecule has 1 rings (SSSR count). The Morgan fingerprint density at radius 1 is 1.27 bits per heavy atom. The van der Waals surface area contributed by atoms with E-state index in [1.165, 1.54) is 0 Å². The maximum atomic E-state index is 11.5. The van der Waals surface area contributed by atoms with Gasteiger partial charge in [-0.05, 0) is 5.56 Å². The fraction of sp³-hybridized carbons (Fsp3) is 0.300. The third kappa shape index (κ3) is 4.22. The Bertz CT molecular complexity index is 414. The first-order valence-electron chi connectivity index (χ1n) is 4.49. The molecule has 0 fully saturated rings. The molecule has 82 valence electrons. The van der Waals surface area contributed by atoms with Crippen molar-refractivity contribution < 1.29 is 13.2 Å². The van der Waals surface area contributed by atoms with Gasteiger partial charge in [0.15, 0.2) is 9.84 Å². The minimum Gasteiger partial charge on any atom is -0.321 e. The largest absolute Gasteiger partial charge is 0.321 e. The van der Waals surface area contributed by atoms with Crippen molar-refractivity contribution in [3.8, 4) is 0 Å². The van der Waals surface area contributed by atoms with Crippen LogP contribution in [0.2, 0.25) is 0 Å². The fourth-order valence-electron chi connectivity index (χ4n) is 1.22. The smallest absolute Gasteiger partial charge is 0.156 e. The molecule has 4 nitrogen and oxygen atoms in total. The van der Waals surface area contributed by atoms with Gasteiger partial charge in [-0.1, -0.05) is 30.3 Å². The summed E-state index contributed by atoms with van der Waals surface area (Å²) in [5.74, 6) is -0.374. The van der Waals surface area contributed by atoms with Crippen LogP contribution in [-0.4, -0.2) is 26.5 Å². The van der Waals surface area contributed by atoms with Crippen LogP contribution in [0.25, 0.3) is 0 Å². The van der Waals surface area contributed by atoms with Crippen molar-refractivity contribution in [2.75, 3.05) is 5.75 Å². The summed E-state index contributed by atoms with van der Waals surface area (Å²) in [6.45, 7) is 0. The Hall–Kier alpha value is -1.20. The van der Waals surface area contributed by atoms with Gasteiger partial charge in [0, 0.05) is 0 Å². The van der Waals surface area contributed by atoms with Crippen molar-refractivity contribution in [3.63, 3.8) is 0 Å². The van der Waals surface area contributed by atoms with Crippen LogP contribution in [0.3, 0.4) is 0 Å². The summed E-state index contributed by atoms with van der Waals surface area (Å²) >= 11 is 0. The number of rotatable bonds is 5. The maximum absolute atomic E-state index is 11.5. The Kier molecular flexibility index (Phi) is 3.99. The Labute approximate surface area is 89.0 Å². The minimum absolute atomic E-state index is 0.0740. The molecule has 5 heteroatoms. The normalized spacial score (nSPS) is 13.4. The summed E-state index contributed by atoms with van der Waals surface area (Å²) in [5.41, 5.74) is 5.97. The average molecular weight is 227 g/mol. The van der Waals surface area contributed by atoms with Crippen molar-refractivity contribution in [1.82, 2.24) is 0 Å². The van der Waals surface area contributed by atoms with Gasteiger partial charge in [-0.3, -0.25) is 0 Å². The quantitative estimate of drug-likeness (QED) is 0.725. The molecule has 0 aliphatic carbocycles. The lowest BCUT2D eigenvalue weighted by molar-refractivity contribution is -0.108. The van der Waals surface area contributed by atoms with Gasteiger partial charge in [0.2, 0.25) is 0 Å². The summed E-state index contributed by atoms with van der Waals surface area (Å²) in [7, 11) is -3.30. The molecule has 0 amide bonds. The number of aldehydes is 1. The van der Waals surface area contributed by atoms with Crippen LogP contribution in [0.15, 0.2) is 30.3 Å². The van der Waals surface area contributed by atoms with E-state index in [0.29, 0.717) is 11.8 Å². The molecule has 1 atom stereocenters. The Morgan fingerprint density at radius 2 is 1.87 bits per heavy atom. The second-order valence-electron chi connectivity index (χ2n) is 3.34. The van der Waals surface area contributed by atoms with Gasteiger partial charge in [0.05, 0.1) is 17.5 Å². The molecule has 15 heavy (non-hydrogen) atoms. The fourth-order valence-corrected chi connectivity index (χ4v) is 2.70. The average Bonchev–Trinajstić information content (AvgIpc) is 2.17. The van der Waals surface area contributed by atoms with Gasteiger partial charge in [-0.15, -0.1) is 0 Å². The van der Waals surface area contributed by atoms with Crippen molar-refractivity contribution in [1.29, 1.82) is 0 Å². The van der Waals surface area contributed by atoms with E-state index in [1.807, 2.05) is 6.07 Å². The summed E-state index contributed by atoms with van der Waals surface area (Å²) in [4.78, 5) is 10.2. The van der Waals surface area contributed by atoms with Gasteiger partial charge in [-0.25, -0.2) is 8.42 Å². The molecule has 1 aromatic carbocycles. The third-order valence-corrected chi connectivity index (χ3v) is 3.52. The van der Waals surface area contributed by atoms with Crippen LogP contribution >= 0.6 is 0 Å². The van der Waals surface area contributed by atoms with E-state index < -0.39 is 15.9 Å². The standard InChI is InChI=1S/C10H13NO3S/c11-10(6-12)8-15(13,14)7-9-4-2-1-3-5-9/h1-6,10H,7-8,11H2. The first kappa shape index (κ1) is 11.9. The first-order valence-corrected chi connectivity index (χ1v) is 6.31.